The SMILES string of the molecule is Cc1ncoc1-c1ccc(CNC(=O)[C@@H]2C[C@@H](O)CN2C(=O)C(NC(=O)COCCOCCOCCOCC=O)C(C)(C)C)cc1. The molecule has 1 aliphatic rings. The van der Waals surface area contributed by atoms with Crippen molar-refractivity contribution in [1.29, 1.82) is 0 Å². The van der Waals surface area contributed by atoms with Crippen LogP contribution in [0.3, 0.4) is 0 Å². The number of carbonyl (C=O) groups is 4. The highest BCUT2D eigenvalue weighted by Gasteiger charge is 2.44. The third-order valence-electron chi connectivity index (χ3n) is 7.25. The number of aromatic nitrogens is 1. The number of amides is 3. The monoisotopic (exact) mass is 646 g/mol. The van der Waals surface area contributed by atoms with Crippen LogP contribution < -0.4 is 10.6 Å². The first kappa shape index (κ1) is 36.8. The number of ether oxygens (including phenoxy) is 4. The van der Waals surface area contributed by atoms with E-state index in [4.69, 9.17) is 23.4 Å². The molecule has 46 heavy (non-hydrogen) atoms. The van der Waals surface area contributed by atoms with Gasteiger partial charge in [-0.25, -0.2) is 4.98 Å². The topological polar surface area (TPSA) is 179 Å². The Hall–Kier alpha value is -3.69. The number of hydrogen-bond donors (Lipinski definition) is 3. The van der Waals surface area contributed by atoms with E-state index in [9.17, 15) is 24.3 Å². The number of aldehydes is 1. The fraction of sp³-hybridized carbons (Fsp3) is 0.594. The number of nitrogens with one attached hydrogen (secondary N) is 2. The minimum atomic E-state index is -0.958. The normalized spacial score (nSPS) is 17.1. The average Bonchev–Trinajstić information content (AvgIpc) is 3.63. The second-order valence-electron chi connectivity index (χ2n) is 12.0. The molecule has 1 aromatic heterocycles. The van der Waals surface area contributed by atoms with Gasteiger partial charge in [-0.15, -0.1) is 0 Å². The van der Waals surface area contributed by atoms with Crippen molar-refractivity contribution >= 4 is 24.0 Å². The highest BCUT2D eigenvalue weighted by atomic mass is 16.6. The second-order valence-corrected chi connectivity index (χ2v) is 12.0. The van der Waals surface area contributed by atoms with Gasteiger partial charge in [0.05, 0.1) is 51.4 Å². The van der Waals surface area contributed by atoms with Crippen LogP contribution in [-0.2, 0) is 44.7 Å². The number of aliphatic hydroxyl groups is 1. The standard InChI is InChI=1S/C32H46N4O10/c1-22-28(46-21-34-22)24-7-5-23(6-8-24)18-33-30(40)26-17-25(38)19-36(26)31(41)29(32(2,3)4)35-27(39)20-45-16-15-44-14-13-43-12-11-42-10-9-37/h5-9,21,25-26,29,38H,10-20H2,1-4H3,(H,33,40)(H,35,39)/t25-,26+,29?/m1/s1. The Morgan fingerprint density at radius 3 is 2.26 bits per heavy atom. The molecule has 1 aromatic carbocycles. The van der Waals surface area contributed by atoms with Crippen molar-refractivity contribution in [3.8, 4) is 11.3 Å². The summed E-state index contributed by atoms with van der Waals surface area (Å²) in [5.41, 5.74) is 1.81. The molecule has 1 fully saturated rings. The van der Waals surface area contributed by atoms with Crippen LogP contribution in [0.4, 0.5) is 0 Å². The molecular weight excluding hydrogens is 600 g/mol. The van der Waals surface area contributed by atoms with Gasteiger partial charge < -0.3 is 48.8 Å². The average molecular weight is 647 g/mol. The zero-order valence-corrected chi connectivity index (χ0v) is 27.0. The van der Waals surface area contributed by atoms with E-state index in [1.54, 1.807) is 0 Å². The summed E-state index contributed by atoms with van der Waals surface area (Å²) < 4.78 is 26.5. The van der Waals surface area contributed by atoms with E-state index in [1.165, 1.54) is 11.3 Å². The predicted molar refractivity (Wildman–Crippen MR) is 165 cm³/mol. The first-order valence-electron chi connectivity index (χ1n) is 15.3. The van der Waals surface area contributed by atoms with Gasteiger partial charge in [0.15, 0.2) is 12.2 Å². The number of hydrogen-bond acceptors (Lipinski definition) is 11. The predicted octanol–water partition coefficient (Wildman–Crippen LogP) is 1.02. The van der Waals surface area contributed by atoms with Crippen LogP contribution in [0, 0.1) is 12.3 Å². The van der Waals surface area contributed by atoms with Crippen molar-refractivity contribution < 1.29 is 47.6 Å². The number of rotatable bonds is 19. The number of nitrogens with zero attached hydrogens (tertiary/aromatic N) is 2. The summed E-state index contributed by atoms with van der Waals surface area (Å²) in [6.07, 6.45) is 1.28. The van der Waals surface area contributed by atoms with E-state index in [0.29, 0.717) is 38.5 Å². The molecule has 14 nitrogen and oxygen atoms in total. The molecule has 1 aliphatic heterocycles. The lowest BCUT2D eigenvalue weighted by Crippen LogP contribution is -2.58. The molecule has 2 heterocycles. The lowest BCUT2D eigenvalue weighted by atomic mass is 9.85. The van der Waals surface area contributed by atoms with Crippen LogP contribution in [-0.4, -0.2) is 117 Å². The Balaban J connectivity index is 1.45. The fourth-order valence-corrected chi connectivity index (χ4v) is 4.84. The molecule has 14 heteroatoms. The molecule has 1 saturated heterocycles. The second kappa shape index (κ2) is 18.5. The summed E-state index contributed by atoms with van der Waals surface area (Å²) in [5, 5.41) is 16.0. The molecular formula is C32H46N4O10. The summed E-state index contributed by atoms with van der Waals surface area (Å²) >= 11 is 0. The molecule has 0 saturated carbocycles. The van der Waals surface area contributed by atoms with Gasteiger partial charge in [0.1, 0.15) is 31.6 Å². The number of benzene rings is 1. The van der Waals surface area contributed by atoms with Crippen LogP contribution in [0.1, 0.15) is 38.4 Å². The zero-order chi connectivity index (χ0) is 33.5. The van der Waals surface area contributed by atoms with Gasteiger partial charge in [-0.3, -0.25) is 14.4 Å². The molecule has 254 valence electrons. The molecule has 0 spiro atoms. The van der Waals surface area contributed by atoms with E-state index in [-0.39, 0.29) is 51.8 Å². The quantitative estimate of drug-likeness (QED) is 0.147. The van der Waals surface area contributed by atoms with Crippen LogP contribution in [0.15, 0.2) is 35.1 Å². The van der Waals surface area contributed by atoms with Gasteiger partial charge >= 0.3 is 0 Å². The lowest BCUT2D eigenvalue weighted by molar-refractivity contribution is -0.144. The Bertz CT molecular complexity index is 1260. The van der Waals surface area contributed by atoms with Crippen LogP contribution in [0.2, 0.25) is 0 Å². The van der Waals surface area contributed by atoms with Crippen molar-refractivity contribution in [3.63, 3.8) is 0 Å². The highest BCUT2D eigenvalue weighted by Crippen LogP contribution is 2.27. The summed E-state index contributed by atoms with van der Waals surface area (Å²) in [6.45, 7) is 9.02. The van der Waals surface area contributed by atoms with E-state index in [2.05, 4.69) is 15.6 Å². The summed E-state index contributed by atoms with van der Waals surface area (Å²) in [6, 6.07) is 5.66. The maximum Gasteiger partial charge on any atom is 0.246 e. The third kappa shape index (κ3) is 11.6. The third-order valence-corrected chi connectivity index (χ3v) is 7.25. The largest absolute Gasteiger partial charge is 0.443 e. The number of carbonyl (C=O) groups excluding carboxylic acids is 4. The van der Waals surface area contributed by atoms with E-state index in [1.807, 2.05) is 52.0 Å². The van der Waals surface area contributed by atoms with Crippen molar-refractivity contribution in [1.82, 2.24) is 20.5 Å². The van der Waals surface area contributed by atoms with Crippen molar-refractivity contribution in [3.05, 3.63) is 41.9 Å². The van der Waals surface area contributed by atoms with E-state index < -0.39 is 35.4 Å². The number of oxazole rings is 1. The lowest BCUT2D eigenvalue weighted by Gasteiger charge is -2.35. The van der Waals surface area contributed by atoms with E-state index >= 15 is 0 Å². The van der Waals surface area contributed by atoms with Crippen LogP contribution in [0.5, 0.6) is 0 Å². The maximum atomic E-state index is 13.7. The number of aryl methyl sites for hydroxylation is 1. The summed E-state index contributed by atoms with van der Waals surface area (Å²) in [5.74, 6) is -0.654. The van der Waals surface area contributed by atoms with Gasteiger partial charge in [-0.1, -0.05) is 45.0 Å². The number of aliphatic hydroxyl groups excluding tert-OH is 1. The Labute approximate surface area is 269 Å². The molecule has 3 amide bonds. The maximum absolute atomic E-state index is 13.7. The molecule has 0 aliphatic carbocycles. The van der Waals surface area contributed by atoms with Gasteiger partial charge in [0.2, 0.25) is 17.7 Å². The minimum absolute atomic E-state index is 0.0199. The Morgan fingerprint density at radius 2 is 1.67 bits per heavy atom. The van der Waals surface area contributed by atoms with Crippen molar-refractivity contribution in [2.45, 2.75) is 58.8 Å². The van der Waals surface area contributed by atoms with Gasteiger partial charge in [0, 0.05) is 25.1 Å². The van der Waals surface area contributed by atoms with Crippen molar-refractivity contribution in [2.75, 3.05) is 59.4 Å². The smallest absolute Gasteiger partial charge is 0.246 e. The van der Waals surface area contributed by atoms with Gasteiger partial charge in [-0.05, 0) is 17.9 Å². The Kier molecular flexibility index (Phi) is 14.8. The Morgan fingerprint density at radius 1 is 1.04 bits per heavy atom. The number of likely N-dealkylation sites (tertiary alicyclic amines) is 1. The van der Waals surface area contributed by atoms with Crippen LogP contribution >= 0.6 is 0 Å². The van der Waals surface area contributed by atoms with Crippen LogP contribution in [0.25, 0.3) is 11.3 Å². The zero-order valence-electron chi connectivity index (χ0n) is 27.0. The molecule has 0 radical (unpaired) electrons. The molecule has 1 unspecified atom stereocenters. The van der Waals surface area contributed by atoms with E-state index in [0.717, 1.165) is 16.8 Å². The first-order valence-corrected chi connectivity index (χ1v) is 15.3. The van der Waals surface area contributed by atoms with Crippen molar-refractivity contribution in [2.24, 2.45) is 5.41 Å². The molecule has 0 bridgehead atoms. The first-order chi connectivity index (χ1) is 22.0. The highest BCUT2D eigenvalue weighted by molar-refractivity contribution is 5.93. The molecule has 3 rings (SSSR count). The fourth-order valence-electron chi connectivity index (χ4n) is 4.84. The molecule has 3 atom stereocenters. The minimum Gasteiger partial charge on any atom is -0.443 e. The summed E-state index contributed by atoms with van der Waals surface area (Å²) in [4.78, 5) is 55.3. The van der Waals surface area contributed by atoms with Gasteiger partial charge in [0.25, 0.3) is 0 Å². The van der Waals surface area contributed by atoms with Gasteiger partial charge in [-0.2, -0.15) is 0 Å². The number of β-amino-alcohol motifs (C(OH)–C–C–N with tert-alkyl or cyclic N) is 1. The summed E-state index contributed by atoms with van der Waals surface area (Å²) in [7, 11) is 0. The molecule has 3 N–H and O–H groups in total. The molecule has 2 aromatic rings.